The van der Waals surface area contributed by atoms with Crippen LogP contribution < -0.4 is 0 Å². The minimum Gasteiger partial charge on any atom is -0.297 e. The van der Waals surface area contributed by atoms with Crippen molar-refractivity contribution < 1.29 is 0 Å². The monoisotopic (exact) mass is 368 g/mol. The Labute approximate surface area is 162 Å². The molecule has 2 aromatic rings. The Morgan fingerprint density at radius 2 is 1.93 bits per heavy atom. The lowest BCUT2D eigenvalue weighted by molar-refractivity contribution is 0.0913. The molecule has 6 nitrogen and oxygen atoms in total. The van der Waals surface area contributed by atoms with Crippen molar-refractivity contribution in [2.45, 2.75) is 45.2 Å². The summed E-state index contributed by atoms with van der Waals surface area (Å²) in [5, 5.41) is 12.8. The minimum absolute atomic E-state index is 0.307. The number of piperazine rings is 1. The van der Waals surface area contributed by atoms with Gasteiger partial charge in [-0.1, -0.05) is 56.2 Å². The lowest BCUT2D eigenvalue weighted by Crippen LogP contribution is -2.48. The predicted molar refractivity (Wildman–Crippen MR) is 108 cm³/mol. The van der Waals surface area contributed by atoms with Crippen molar-refractivity contribution in [1.29, 1.82) is 0 Å². The molecule has 1 saturated heterocycles. The summed E-state index contributed by atoms with van der Waals surface area (Å²) in [6, 6.07) is 10.9. The van der Waals surface area contributed by atoms with E-state index in [4.69, 9.17) is 0 Å². The number of unbranched alkanes of at least 4 members (excludes halogenated alkanes) is 1. The molecule has 0 amide bonds. The Kier molecular flexibility index (Phi) is 7.54. The van der Waals surface area contributed by atoms with E-state index in [1.807, 2.05) is 10.8 Å². The predicted octanol–water partition coefficient (Wildman–Crippen LogP) is 2.95. The van der Waals surface area contributed by atoms with E-state index in [0.717, 1.165) is 57.9 Å². The second-order valence-electron chi connectivity index (χ2n) is 7.28. The molecule has 146 valence electrons. The summed E-state index contributed by atoms with van der Waals surface area (Å²) in [6.07, 6.45) is 6.45. The smallest absolute Gasteiger partial charge is 0.168 e. The highest BCUT2D eigenvalue weighted by molar-refractivity contribution is 5.14. The van der Waals surface area contributed by atoms with Gasteiger partial charge in [0, 0.05) is 39.3 Å². The standard InChI is InChI=1S/C21H32N6/c1-3-5-11-20(26-17-15-25(13-4-2)16-18-26)21-22-23-24-27(21)14-12-19-9-7-6-8-10-19/h4,6-10,20H,2-3,5,11-18H2,1H3. The van der Waals surface area contributed by atoms with E-state index in [1.54, 1.807) is 0 Å². The fourth-order valence-electron chi connectivity index (χ4n) is 3.80. The highest BCUT2D eigenvalue weighted by Gasteiger charge is 2.28. The van der Waals surface area contributed by atoms with E-state index in [1.165, 1.54) is 18.4 Å². The molecule has 1 fully saturated rings. The zero-order valence-corrected chi connectivity index (χ0v) is 16.5. The van der Waals surface area contributed by atoms with Crippen LogP contribution in [0.2, 0.25) is 0 Å². The lowest BCUT2D eigenvalue weighted by atomic mass is 10.1. The first kappa shape index (κ1) is 19.7. The molecule has 1 aromatic heterocycles. The Morgan fingerprint density at radius 3 is 2.63 bits per heavy atom. The molecule has 0 radical (unpaired) electrons. The van der Waals surface area contributed by atoms with E-state index in [-0.39, 0.29) is 0 Å². The SMILES string of the molecule is C=CCN1CCN(C(CCCC)c2nnnn2CCc2ccccc2)CC1. The van der Waals surface area contributed by atoms with Crippen molar-refractivity contribution in [2.75, 3.05) is 32.7 Å². The zero-order chi connectivity index (χ0) is 18.9. The van der Waals surface area contributed by atoms with Crippen molar-refractivity contribution in [3.63, 3.8) is 0 Å². The molecular formula is C21H32N6. The average molecular weight is 369 g/mol. The molecule has 1 aromatic carbocycles. The molecule has 0 aliphatic carbocycles. The fraction of sp³-hybridized carbons (Fsp3) is 0.571. The molecule has 1 aliphatic rings. The molecule has 3 rings (SSSR count). The quantitative estimate of drug-likeness (QED) is 0.604. The van der Waals surface area contributed by atoms with Gasteiger partial charge in [0.15, 0.2) is 5.82 Å². The van der Waals surface area contributed by atoms with Crippen LogP contribution in [0.15, 0.2) is 43.0 Å². The number of rotatable bonds is 10. The van der Waals surface area contributed by atoms with Gasteiger partial charge in [-0.15, -0.1) is 11.7 Å². The highest BCUT2D eigenvalue weighted by atomic mass is 15.5. The second-order valence-corrected chi connectivity index (χ2v) is 7.28. The van der Waals surface area contributed by atoms with E-state index in [9.17, 15) is 0 Å². The van der Waals surface area contributed by atoms with Crippen LogP contribution in [0.1, 0.15) is 43.6 Å². The van der Waals surface area contributed by atoms with Crippen LogP contribution in [0.4, 0.5) is 0 Å². The summed E-state index contributed by atoms with van der Waals surface area (Å²) in [5.41, 5.74) is 1.32. The maximum absolute atomic E-state index is 4.44. The van der Waals surface area contributed by atoms with Gasteiger partial charge >= 0.3 is 0 Å². The molecule has 0 bridgehead atoms. The van der Waals surface area contributed by atoms with Crippen LogP contribution in [0.5, 0.6) is 0 Å². The van der Waals surface area contributed by atoms with Crippen LogP contribution in [0.25, 0.3) is 0 Å². The molecule has 0 N–H and O–H groups in total. The van der Waals surface area contributed by atoms with Gasteiger partial charge < -0.3 is 0 Å². The van der Waals surface area contributed by atoms with Crippen molar-refractivity contribution >= 4 is 0 Å². The average Bonchev–Trinajstić information content (AvgIpc) is 3.17. The number of aromatic nitrogens is 4. The summed E-state index contributed by atoms with van der Waals surface area (Å²) in [7, 11) is 0. The summed E-state index contributed by atoms with van der Waals surface area (Å²) in [6.45, 7) is 12.2. The number of tetrazole rings is 1. The van der Waals surface area contributed by atoms with Gasteiger partial charge in [-0.2, -0.15) is 0 Å². The third kappa shape index (κ3) is 5.47. The van der Waals surface area contributed by atoms with Crippen LogP contribution in [0.3, 0.4) is 0 Å². The minimum atomic E-state index is 0.307. The number of hydrogen-bond donors (Lipinski definition) is 0. The molecule has 27 heavy (non-hydrogen) atoms. The van der Waals surface area contributed by atoms with Gasteiger partial charge in [0.1, 0.15) is 0 Å². The van der Waals surface area contributed by atoms with Crippen LogP contribution in [-0.2, 0) is 13.0 Å². The molecule has 1 unspecified atom stereocenters. The molecule has 0 saturated carbocycles. The highest BCUT2D eigenvalue weighted by Crippen LogP contribution is 2.26. The summed E-state index contributed by atoms with van der Waals surface area (Å²) in [4.78, 5) is 5.03. The van der Waals surface area contributed by atoms with Crippen molar-refractivity contribution in [3.8, 4) is 0 Å². The van der Waals surface area contributed by atoms with Gasteiger partial charge in [-0.25, -0.2) is 4.68 Å². The zero-order valence-electron chi connectivity index (χ0n) is 16.5. The Bertz CT molecular complexity index is 675. The maximum atomic E-state index is 4.44. The lowest BCUT2D eigenvalue weighted by Gasteiger charge is -2.38. The van der Waals surface area contributed by atoms with E-state index in [2.05, 4.69) is 69.2 Å². The first-order valence-electron chi connectivity index (χ1n) is 10.2. The first-order valence-corrected chi connectivity index (χ1v) is 10.2. The third-order valence-electron chi connectivity index (χ3n) is 5.38. The third-order valence-corrected chi connectivity index (χ3v) is 5.38. The Balaban J connectivity index is 1.68. The second kappa shape index (κ2) is 10.3. The van der Waals surface area contributed by atoms with Gasteiger partial charge in [-0.05, 0) is 28.8 Å². The van der Waals surface area contributed by atoms with Crippen molar-refractivity contribution in [1.82, 2.24) is 30.0 Å². The summed E-state index contributed by atoms with van der Waals surface area (Å²) in [5.74, 6) is 1.02. The number of aryl methyl sites for hydroxylation is 2. The fourth-order valence-corrected chi connectivity index (χ4v) is 3.80. The summed E-state index contributed by atoms with van der Waals surface area (Å²) >= 11 is 0. The van der Waals surface area contributed by atoms with Crippen molar-refractivity contribution in [3.05, 3.63) is 54.4 Å². The molecule has 1 atom stereocenters. The van der Waals surface area contributed by atoms with Gasteiger partial charge in [-0.3, -0.25) is 9.80 Å². The normalized spacial score (nSPS) is 17.1. The van der Waals surface area contributed by atoms with E-state index in [0.29, 0.717) is 6.04 Å². The molecule has 6 heteroatoms. The molecule has 1 aliphatic heterocycles. The molecule has 0 spiro atoms. The van der Waals surface area contributed by atoms with E-state index >= 15 is 0 Å². The number of nitrogens with zero attached hydrogens (tertiary/aromatic N) is 6. The van der Waals surface area contributed by atoms with E-state index < -0.39 is 0 Å². The van der Waals surface area contributed by atoms with Crippen molar-refractivity contribution in [2.24, 2.45) is 0 Å². The van der Waals surface area contributed by atoms with Gasteiger partial charge in [0.2, 0.25) is 0 Å². The molecule has 2 heterocycles. The van der Waals surface area contributed by atoms with Crippen LogP contribution >= 0.6 is 0 Å². The van der Waals surface area contributed by atoms with Crippen LogP contribution in [-0.4, -0.2) is 62.7 Å². The largest absolute Gasteiger partial charge is 0.297 e. The first-order chi connectivity index (χ1) is 13.3. The number of benzene rings is 1. The van der Waals surface area contributed by atoms with Gasteiger partial charge in [0.05, 0.1) is 6.04 Å². The Morgan fingerprint density at radius 1 is 1.15 bits per heavy atom. The van der Waals surface area contributed by atoms with Crippen LogP contribution in [0, 0.1) is 0 Å². The maximum Gasteiger partial charge on any atom is 0.168 e. The summed E-state index contributed by atoms with van der Waals surface area (Å²) < 4.78 is 2.02. The Hall–Kier alpha value is -2.05. The molecular weight excluding hydrogens is 336 g/mol. The van der Waals surface area contributed by atoms with Gasteiger partial charge in [0.25, 0.3) is 0 Å². The topological polar surface area (TPSA) is 50.1 Å². The number of hydrogen-bond acceptors (Lipinski definition) is 5.